The molecule has 9 nitrogen and oxygen atoms in total. The Bertz CT molecular complexity index is 1400. The number of anilines is 3. The van der Waals surface area contributed by atoms with Crippen molar-refractivity contribution in [1.29, 1.82) is 0 Å². The Labute approximate surface area is 250 Å². The lowest BCUT2D eigenvalue weighted by Gasteiger charge is -2.40. The smallest absolute Gasteiger partial charge is 0.371 e. The molecule has 43 heavy (non-hydrogen) atoms. The molecule has 2 aliphatic heterocycles. The summed E-state index contributed by atoms with van der Waals surface area (Å²) in [5.41, 5.74) is 1.61. The number of carbonyl (C=O) groups is 3. The Morgan fingerprint density at radius 2 is 1.88 bits per heavy atom. The van der Waals surface area contributed by atoms with E-state index in [2.05, 4.69) is 28.3 Å². The van der Waals surface area contributed by atoms with Gasteiger partial charge in [0.05, 0.1) is 16.9 Å². The van der Waals surface area contributed by atoms with E-state index in [1.54, 1.807) is 11.9 Å². The number of para-hydroxylation sites is 1. The van der Waals surface area contributed by atoms with Gasteiger partial charge < -0.3 is 14.7 Å². The Morgan fingerprint density at radius 3 is 2.53 bits per heavy atom. The van der Waals surface area contributed by atoms with Crippen LogP contribution in [0.5, 0.6) is 0 Å². The highest BCUT2D eigenvalue weighted by molar-refractivity contribution is 6.09. The second-order valence-electron chi connectivity index (χ2n) is 11.3. The quantitative estimate of drug-likeness (QED) is 0.426. The minimum absolute atomic E-state index is 0.0334. The average molecular weight is 601 g/mol. The molecule has 2 unspecified atom stereocenters. The van der Waals surface area contributed by atoms with Crippen LogP contribution in [0.1, 0.15) is 36.6 Å². The zero-order valence-electron chi connectivity index (χ0n) is 25.3. The molecule has 12 heteroatoms. The number of aryl methyl sites for hydroxylation is 2. The molecule has 1 aromatic carbocycles. The minimum Gasteiger partial charge on any atom is -0.371 e. The number of nitrogens with zero attached hydrogens (tertiary/aromatic N) is 6. The summed E-state index contributed by atoms with van der Waals surface area (Å²) in [4.78, 5) is 51.8. The number of halogens is 3. The van der Waals surface area contributed by atoms with E-state index in [1.807, 2.05) is 32.2 Å². The molecule has 0 aliphatic carbocycles. The van der Waals surface area contributed by atoms with Crippen LogP contribution >= 0.6 is 0 Å². The normalized spacial score (nSPS) is 19.5. The highest BCUT2D eigenvalue weighted by Gasteiger charge is 2.41. The molecule has 2 fully saturated rings. The van der Waals surface area contributed by atoms with Crippen LogP contribution in [0, 0.1) is 13.8 Å². The van der Waals surface area contributed by atoms with Gasteiger partial charge in [-0.2, -0.15) is 13.2 Å². The lowest BCUT2D eigenvalue weighted by atomic mass is 10.1. The number of pyridine rings is 1. The Morgan fingerprint density at radius 1 is 1.16 bits per heavy atom. The second kappa shape index (κ2) is 12.7. The summed E-state index contributed by atoms with van der Waals surface area (Å²) in [5.74, 6) is -1.09. The van der Waals surface area contributed by atoms with Gasteiger partial charge in [-0.1, -0.05) is 18.7 Å². The number of alkyl halides is 3. The predicted octanol–water partition coefficient (Wildman–Crippen LogP) is 4.03. The van der Waals surface area contributed by atoms with E-state index in [4.69, 9.17) is 0 Å². The SMILES string of the molecule is C=CC(=O)N1CCN(CCN(C)c2c(C)cccc2N(C)C(=O)C2CCC(=O)N2c2cc(C(F)(F)F)cc(C)n2)C(C)C1. The van der Waals surface area contributed by atoms with Crippen molar-refractivity contribution in [2.75, 3.05) is 61.5 Å². The van der Waals surface area contributed by atoms with E-state index in [0.717, 1.165) is 41.4 Å². The van der Waals surface area contributed by atoms with Crippen molar-refractivity contribution in [1.82, 2.24) is 14.8 Å². The number of benzene rings is 1. The molecule has 1 aromatic heterocycles. The van der Waals surface area contributed by atoms with Gasteiger partial charge in [0.15, 0.2) is 0 Å². The minimum atomic E-state index is -4.61. The third-order valence-corrected chi connectivity index (χ3v) is 8.28. The summed E-state index contributed by atoms with van der Waals surface area (Å²) < 4.78 is 40.6. The van der Waals surface area contributed by atoms with Crippen LogP contribution in [0.25, 0.3) is 0 Å². The lowest BCUT2D eigenvalue weighted by molar-refractivity contribution is -0.137. The van der Waals surface area contributed by atoms with Gasteiger partial charge in [-0.25, -0.2) is 4.98 Å². The van der Waals surface area contributed by atoms with Crippen molar-refractivity contribution >= 4 is 34.9 Å². The third-order valence-electron chi connectivity index (χ3n) is 8.28. The molecule has 0 N–H and O–H groups in total. The van der Waals surface area contributed by atoms with E-state index in [0.29, 0.717) is 25.3 Å². The highest BCUT2D eigenvalue weighted by atomic mass is 19.4. The van der Waals surface area contributed by atoms with Gasteiger partial charge in [-0.15, -0.1) is 0 Å². The predicted molar refractivity (Wildman–Crippen MR) is 160 cm³/mol. The number of amides is 3. The van der Waals surface area contributed by atoms with Gasteiger partial charge in [0, 0.05) is 65.0 Å². The van der Waals surface area contributed by atoms with Crippen LogP contribution < -0.4 is 14.7 Å². The van der Waals surface area contributed by atoms with Gasteiger partial charge in [0.25, 0.3) is 0 Å². The maximum absolute atomic E-state index is 13.9. The van der Waals surface area contributed by atoms with Gasteiger partial charge in [0.2, 0.25) is 17.7 Å². The van der Waals surface area contributed by atoms with E-state index in [1.165, 1.54) is 17.9 Å². The van der Waals surface area contributed by atoms with E-state index in [-0.39, 0.29) is 36.3 Å². The fourth-order valence-corrected chi connectivity index (χ4v) is 5.94. The van der Waals surface area contributed by atoms with Crippen LogP contribution in [-0.2, 0) is 20.6 Å². The van der Waals surface area contributed by atoms with Gasteiger partial charge in [0.1, 0.15) is 11.9 Å². The molecule has 2 aromatic rings. The molecule has 2 atom stereocenters. The molecule has 3 heterocycles. The third kappa shape index (κ3) is 6.84. The zero-order chi connectivity index (χ0) is 31.6. The maximum Gasteiger partial charge on any atom is 0.416 e. The van der Waals surface area contributed by atoms with Crippen molar-refractivity contribution < 1.29 is 27.6 Å². The van der Waals surface area contributed by atoms with Crippen LogP contribution in [-0.4, -0.2) is 91.4 Å². The number of aromatic nitrogens is 1. The molecule has 2 aliphatic rings. The summed E-state index contributed by atoms with van der Waals surface area (Å²) >= 11 is 0. The lowest BCUT2D eigenvalue weighted by Crippen LogP contribution is -2.54. The number of likely N-dealkylation sites (N-methyl/N-ethyl adjacent to an activating group) is 2. The van der Waals surface area contributed by atoms with Crippen LogP contribution in [0.15, 0.2) is 43.0 Å². The van der Waals surface area contributed by atoms with Crippen LogP contribution in [0.3, 0.4) is 0 Å². The molecule has 0 spiro atoms. The first-order valence-corrected chi connectivity index (χ1v) is 14.3. The van der Waals surface area contributed by atoms with E-state index in [9.17, 15) is 27.6 Å². The zero-order valence-corrected chi connectivity index (χ0v) is 25.3. The largest absolute Gasteiger partial charge is 0.416 e. The number of piperazine rings is 1. The Kier molecular flexibility index (Phi) is 9.48. The topological polar surface area (TPSA) is 80.3 Å². The first-order valence-electron chi connectivity index (χ1n) is 14.3. The summed E-state index contributed by atoms with van der Waals surface area (Å²) in [6.45, 7) is 12.4. The maximum atomic E-state index is 13.9. The van der Waals surface area contributed by atoms with Gasteiger partial charge in [-0.3, -0.25) is 24.2 Å². The van der Waals surface area contributed by atoms with Crippen molar-refractivity contribution in [3.05, 3.63) is 59.8 Å². The monoisotopic (exact) mass is 600 g/mol. The molecule has 0 saturated carbocycles. The fraction of sp³-hybridized carbons (Fsp3) is 0.484. The van der Waals surface area contributed by atoms with Gasteiger partial charge in [-0.05, 0) is 57.0 Å². The Hall–Kier alpha value is -3.93. The standard InChI is InChI=1S/C31H39F3N6O3/c1-7-27(41)39-16-15-38(22(4)19-39)14-13-36(5)29-20(2)9-8-10-24(29)37(6)30(43)25-11-12-28(42)40(25)26-18-23(31(32,33)34)17-21(3)35-26/h7-10,17-18,22,25H,1,11-16,19H2,2-6H3. The van der Waals surface area contributed by atoms with Crippen LogP contribution in [0.2, 0.25) is 0 Å². The molecule has 4 rings (SSSR count). The number of carbonyl (C=O) groups excluding carboxylic acids is 3. The summed E-state index contributed by atoms with van der Waals surface area (Å²) in [7, 11) is 3.57. The van der Waals surface area contributed by atoms with Crippen molar-refractivity contribution in [3.8, 4) is 0 Å². The second-order valence-corrected chi connectivity index (χ2v) is 11.3. The average Bonchev–Trinajstić information content (AvgIpc) is 3.35. The van der Waals surface area contributed by atoms with E-state index < -0.39 is 29.6 Å². The number of rotatable bonds is 8. The molecular weight excluding hydrogens is 561 g/mol. The van der Waals surface area contributed by atoms with Crippen molar-refractivity contribution in [3.63, 3.8) is 0 Å². The first-order chi connectivity index (χ1) is 20.2. The fourth-order valence-electron chi connectivity index (χ4n) is 5.94. The van der Waals surface area contributed by atoms with Gasteiger partial charge >= 0.3 is 6.18 Å². The molecule has 2 saturated heterocycles. The molecular formula is C31H39F3N6O3. The molecule has 0 bridgehead atoms. The summed E-state index contributed by atoms with van der Waals surface area (Å²) in [5, 5.41) is 0. The first kappa shape index (κ1) is 32.0. The molecule has 232 valence electrons. The summed E-state index contributed by atoms with van der Waals surface area (Å²) in [6.07, 6.45) is -3.07. The van der Waals surface area contributed by atoms with Crippen molar-refractivity contribution in [2.45, 2.75) is 51.9 Å². The number of hydrogen-bond donors (Lipinski definition) is 0. The van der Waals surface area contributed by atoms with Crippen LogP contribution in [0.4, 0.5) is 30.4 Å². The van der Waals surface area contributed by atoms with E-state index >= 15 is 0 Å². The Balaban J connectivity index is 1.53. The number of hydrogen-bond acceptors (Lipinski definition) is 6. The summed E-state index contributed by atoms with van der Waals surface area (Å²) in [6, 6.07) is 6.56. The van der Waals surface area contributed by atoms with Crippen molar-refractivity contribution in [2.24, 2.45) is 0 Å². The molecule has 3 amide bonds. The highest BCUT2D eigenvalue weighted by Crippen LogP contribution is 2.36. The molecule has 0 radical (unpaired) electrons.